The van der Waals surface area contributed by atoms with Gasteiger partial charge in [-0.05, 0) is 44.2 Å². The highest BCUT2D eigenvalue weighted by atomic mass is 15.4. The summed E-state index contributed by atoms with van der Waals surface area (Å²) < 4.78 is 1.31. The van der Waals surface area contributed by atoms with E-state index < -0.39 is 0 Å². The predicted octanol–water partition coefficient (Wildman–Crippen LogP) is 4.12. The maximum Gasteiger partial charge on any atom is 0.119 e. The minimum Gasteiger partial charge on any atom is -0.315 e. The van der Waals surface area contributed by atoms with Gasteiger partial charge in [0.1, 0.15) is 5.54 Å². The molecule has 1 nitrogen and oxygen atoms in total. The Morgan fingerprint density at radius 2 is 1.84 bits per heavy atom. The fourth-order valence-electron chi connectivity index (χ4n) is 4.41. The van der Waals surface area contributed by atoms with Gasteiger partial charge in [-0.3, -0.25) is 0 Å². The summed E-state index contributed by atoms with van der Waals surface area (Å²) in [6, 6.07) is 6.78. The second kappa shape index (κ2) is 4.49. The quantitative estimate of drug-likeness (QED) is 0.663. The number of benzene rings is 1. The molecule has 1 saturated heterocycles. The normalized spacial score (nSPS) is 23.9. The molecule has 102 valence electrons. The topological polar surface area (TPSA) is 0 Å². The zero-order valence-electron chi connectivity index (χ0n) is 12.4. The Balaban J connectivity index is 2.11. The first kappa shape index (κ1) is 12.9. The minimum absolute atomic E-state index is 0.257. The van der Waals surface area contributed by atoms with E-state index in [4.69, 9.17) is 0 Å². The Labute approximate surface area is 117 Å². The summed E-state index contributed by atoms with van der Waals surface area (Å²) in [6.45, 7) is 13.0. The van der Waals surface area contributed by atoms with Crippen molar-refractivity contribution in [2.24, 2.45) is 0 Å². The van der Waals surface area contributed by atoms with Crippen LogP contribution in [0, 0.1) is 0 Å². The molecule has 0 aromatic heterocycles. The van der Waals surface area contributed by atoms with Crippen molar-refractivity contribution in [3.05, 3.63) is 41.5 Å². The first-order chi connectivity index (χ1) is 9.11. The fourth-order valence-corrected chi connectivity index (χ4v) is 4.41. The lowest BCUT2D eigenvalue weighted by molar-refractivity contribution is -0.986. The van der Waals surface area contributed by atoms with Crippen molar-refractivity contribution >= 4 is 6.08 Å². The van der Waals surface area contributed by atoms with E-state index in [1.807, 2.05) is 6.08 Å². The first-order valence-electron chi connectivity index (χ1n) is 7.72. The van der Waals surface area contributed by atoms with Crippen LogP contribution < -0.4 is 0 Å². The molecule has 1 spiro atoms. The zero-order chi connectivity index (χ0) is 13.5. The van der Waals surface area contributed by atoms with Crippen LogP contribution in [0.3, 0.4) is 0 Å². The number of rotatable bonds is 1. The van der Waals surface area contributed by atoms with Gasteiger partial charge in [-0.2, -0.15) is 0 Å². The molecule has 0 radical (unpaired) electrons. The molecule has 3 rings (SSSR count). The summed E-state index contributed by atoms with van der Waals surface area (Å²) in [5.41, 5.74) is 4.72. The molecule has 1 fully saturated rings. The van der Waals surface area contributed by atoms with Crippen LogP contribution in [-0.2, 0) is 12.0 Å². The van der Waals surface area contributed by atoms with Crippen molar-refractivity contribution in [2.45, 2.75) is 45.1 Å². The van der Waals surface area contributed by atoms with E-state index in [-0.39, 0.29) is 5.54 Å². The van der Waals surface area contributed by atoms with Gasteiger partial charge < -0.3 is 4.48 Å². The van der Waals surface area contributed by atoms with E-state index in [1.165, 1.54) is 55.4 Å². The molecule has 0 N–H and O–H groups in total. The van der Waals surface area contributed by atoms with Crippen LogP contribution in [0.15, 0.2) is 24.8 Å². The molecule has 2 aliphatic heterocycles. The van der Waals surface area contributed by atoms with Gasteiger partial charge in [0, 0.05) is 12.0 Å². The summed E-state index contributed by atoms with van der Waals surface area (Å²) in [5, 5.41) is 0. The second-order valence-electron chi connectivity index (χ2n) is 6.76. The highest BCUT2D eigenvalue weighted by molar-refractivity contribution is 5.56. The molecule has 0 aliphatic carbocycles. The van der Waals surface area contributed by atoms with Crippen LogP contribution in [0.1, 0.15) is 49.8 Å². The lowest BCUT2D eigenvalue weighted by atomic mass is 9.77. The predicted molar refractivity (Wildman–Crippen MR) is 82.0 cm³/mol. The molecule has 1 heteroatoms. The van der Waals surface area contributed by atoms with E-state index >= 15 is 0 Å². The van der Waals surface area contributed by atoms with Crippen LogP contribution in [0.4, 0.5) is 0 Å². The summed E-state index contributed by atoms with van der Waals surface area (Å²) in [7, 11) is 0. The minimum atomic E-state index is 0.257. The van der Waals surface area contributed by atoms with Gasteiger partial charge >= 0.3 is 0 Å². The monoisotopic (exact) mass is 256 g/mol. The highest BCUT2D eigenvalue weighted by Gasteiger charge is 2.49. The smallest absolute Gasteiger partial charge is 0.119 e. The van der Waals surface area contributed by atoms with Crippen molar-refractivity contribution in [1.82, 2.24) is 0 Å². The van der Waals surface area contributed by atoms with Crippen LogP contribution in [0.5, 0.6) is 0 Å². The number of quaternary nitrogens is 1. The Hall–Kier alpha value is -1.08. The van der Waals surface area contributed by atoms with E-state index in [0.717, 1.165) is 0 Å². The van der Waals surface area contributed by atoms with Crippen LogP contribution >= 0.6 is 0 Å². The molecular formula is C18H26N+. The maximum absolute atomic E-state index is 3.99. The lowest BCUT2D eigenvalue weighted by Crippen LogP contribution is -2.64. The van der Waals surface area contributed by atoms with Crippen molar-refractivity contribution in [1.29, 1.82) is 0 Å². The van der Waals surface area contributed by atoms with E-state index in [0.29, 0.717) is 0 Å². The second-order valence-corrected chi connectivity index (χ2v) is 6.76. The number of hydrogen-bond donors (Lipinski definition) is 0. The Kier molecular flexibility index (Phi) is 3.05. The van der Waals surface area contributed by atoms with Crippen LogP contribution in [0.25, 0.3) is 6.08 Å². The number of hydrogen-bond acceptors (Lipinski definition) is 0. The maximum atomic E-state index is 3.99. The highest BCUT2D eigenvalue weighted by Crippen LogP contribution is 2.44. The molecule has 1 aromatic carbocycles. The summed E-state index contributed by atoms with van der Waals surface area (Å²) >= 11 is 0. The third-order valence-electron chi connectivity index (χ3n) is 5.74. The Morgan fingerprint density at radius 3 is 2.53 bits per heavy atom. The average Bonchev–Trinajstić information content (AvgIpc) is 2.44. The SMILES string of the molecule is C=Cc1cccc2c1CC[N+]1(CCCCC1)C2(C)C. The average molecular weight is 256 g/mol. The van der Waals surface area contributed by atoms with Gasteiger partial charge in [0.25, 0.3) is 0 Å². The summed E-state index contributed by atoms with van der Waals surface area (Å²) in [5.74, 6) is 0. The molecule has 2 heterocycles. The van der Waals surface area contributed by atoms with Gasteiger partial charge in [-0.1, -0.05) is 30.9 Å². The van der Waals surface area contributed by atoms with Gasteiger partial charge in [0.15, 0.2) is 0 Å². The van der Waals surface area contributed by atoms with Crippen LogP contribution in [0.2, 0.25) is 0 Å². The van der Waals surface area contributed by atoms with Crippen molar-refractivity contribution < 1.29 is 4.48 Å². The van der Waals surface area contributed by atoms with Crippen molar-refractivity contribution in [3.8, 4) is 0 Å². The molecule has 0 bridgehead atoms. The fraction of sp³-hybridized carbons (Fsp3) is 0.556. The van der Waals surface area contributed by atoms with Gasteiger partial charge in [-0.25, -0.2) is 0 Å². The molecule has 0 saturated carbocycles. The zero-order valence-corrected chi connectivity index (χ0v) is 12.4. The van der Waals surface area contributed by atoms with Gasteiger partial charge in [-0.15, -0.1) is 0 Å². The number of nitrogens with zero attached hydrogens (tertiary/aromatic N) is 1. The third-order valence-corrected chi connectivity index (χ3v) is 5.74. The van der Waals surface area contributed by atoms with Gasteiger partial charge in [0.05, 0.1) is 19.6 Å². The molecule has 1 aromatic rings. The summed E-state index contributed by atoms with van der Waals surface area (Å²) in [4.78, 5) is 0. The molecule has 2 aliphatic rings. The Bertz CT molecular complexity index is 492. The molecular weight excluding hydrogens is 230 g/mol. The van der Waals surface area contributed by atoms with E-state index in [2.05, 4.69) is 38.6 Å². The van der Waals surface area contributed by atoms with Crippen molar-refractivity contribution in [2.75, 3.05) is 19.6 Å². The van der Waals surface area contributed by atoms with E-state index in [9.17, 15) is 0 Å². The lowest BCUT2D eigenvalue weighted by Gasteiger charge is -2.55. The first-order valence-corrected chi connectivity index (χ1v) is 7.72. The van der Waals surface area contributed by atoms with Crippen LogP contribution in [-0.4, -0.2) is 24.1 Å². The molecule has 0 atom stereocenters. The van der Waals surface area contributed by atoms with Gasteiger partial charge in [0.2, 0.25) is 0 Å². The van der Waals surface area contributed by atoms with Crippen molar-refractivity contribution in [3.63, 3.8) is 0 Å². The Morgan fingerprint density at radius 1 is 1.11 bits per heavy atom. The number of piperidine rings is 1. The molecule has 0 amide bonds. The van der Waals surface area contributed by atoms with E-state index in [1.54, 1.807) is 11.1 Å². The third kappa shape index (κ3) is 1.79. The number of fused-ring (bicyclic) bond motifs is 1. The largest absolute Gasteiger partial charge is 0.315 e. The molecule has 0 unspecified atom stereocenters. The standard InChI is InChI=1S/C18H26N/c1-4-15-9-8-10-17-16(15)11-14-19(18(17,2)3)12-6-5-7-13-19/h4,8-10H,1,5-7,11-14H2,2-3H3/q+1. The summed E-state index contributed by atoms with van der Waals surface area (Å²) in [6.07, 6.45) is 7.48. The molecule has 19 heavy (non-hydrogen) atoms.